The minimum atomic E-state index is -4.85. The molecular weight excluding hydrogens is 391 g/mol. The van der Waals surface area contributed by atoms with Gasteiger partial charge in [0.1, 0.15) is 11.5 Å². The summed E-state index contributed by atoms with van der Waals surface area (Å²) >= 11 is 0. The largest absolute Gasteiger partial charge is 0.497 e. The maximum absolute atomic E-state index is 13.5. The van der Waals surface area contributed by atoms with Crippen LogP contribution >= 0.6 is 0 Å². The van der Waals surface area contributed by atoms with Gasteiger partial charge in [-0.25, -0.2) is 4.79 Å². The second kappa shape index (κ2) is 8.42. The summed E-state index contributed by atoms with van der Waals surface area (Å²) in [5, 5.41) is 2.67. The van der Waals surface area contributed by atoms with Crippen molar-refractivity contribution >= 4 is 17.9 Å². The van der Waals surface area contributed by atoms with E-state index in [-0.39, 0.29) is 11.4 Å². The molecule has 0 aliphatic rings. The van der Waals surface area contributed by atoms with Crippen LogP contribution in [0.15, 0.2) is 36.4 Å². The van der Waals surface area contributed by atoms with E-state index in [0.717, 1.165) is 13.2 Å². The molecule has 0 radical (unpaired) electrons. The van der Waals surface area contributed by atoms with E-state index in [1.165, 1.54) is 21.1 Å². The number of methoxy groups -OCH3 is 2. The average molecular weight is 411 g/mol. The molecule has 2 aromatic carbocycles. The van der Waals surface area contributed by atoms with Crippen LogP contribution in [-0.2, 0) is 21.3 Å². The third kappa shape index (κ3) is 4.61. The predicted octanol–water partition coefficient (Wildman–Crippen LogP) is 4.04. The highest BCUT2D eigenvalue weighted by atomic mass is 19.4. The molecule has 0 aromatic heterocycles. The predicted molar refractivity (Wildman–Crippen MR) is 99.4 cm³/mol. The Balaban J connectivity index is 2.62. The number of nitrogens with one attached hydrogen (secondary N) is 1. The number of esters is 1. The van der Waals surface area contributed by atoms with Gasteiger partial charge in [0.05, 0.1) is 31.0 Å². The fourth-order valence-corrected chi connectivity index (χ4v) is 2.68. The lowest BCUT2D eigenvalue weighted by molar-refractivity contribution is -0.138. The quantitative estimate of drug-likeness (QED) is 0.548. The summed E-state index contributed by atoms with van der Waals surface area (Å²) in [7, 11) is 3.87. The van der Waals surface area contributed by atoms with Crippen LogP contribution in [0.3, 0.4) is 0 Å². The van der Waals surface area contributed by atoms with E-state index in [1.807, 2.05) is 0 Å². The van der Waals surface area contributed by atoms with Crippen LogP contribution in [0.5, 0.6) is 11.5 Å². The van der Waals surface area contributed by atoms with E-state index >= 15 is 0 Å². The first-order chi connectivity index (χ1) is 13.6. The highest BCUT2D eigenvalue weighted by Gasteiger charge is 2.38. The van der Waals surface area contributed by atoms with Crippen LogP contribution in [0.4, 0.5) is 18.9 Å². The Hall–Kier alpha value is -3.23. The molecule has 0 bridgehead atoms. The first-order valence-electron chi connectivity index (χ1n) is 8.40. The normalized spacial score (nSPS) is 13.2. The third-order valence-electron chi connectivity index (χ3n) is 4.29. The van der Waals surface area contributed by atoms with Crippen molar-refractivity contribution in [3.63, 3.8) is 0 Å². The smallest absolute Gasteiger partial charge is 0.417 e. The summed E-state index contributed by atoms with van der Waals surface area (Å²) in [6.07, 6.45) is -4.37. The van der Waals surface area contributed by atoms with E-state index in [1.54, 1.807) is 24.3 Å². The van der Waals surface area contributed by atoms with Gasteiger partial charge in [-0.3, -0.25) is 4.79 Å². The second-order valence-electron chi connectivity index (χ2n) is 6.19. The first-order valence-corrected chi connectivity index (χ1v) is 8.40. The lowest BCUT2D eigenvalue weighted by Crippen LogP contribution is -2.32. The van der Waals surface area contributed by atoms with Crippen molar-refractivity contribution in [2.75, 3.05) is 26.6 Å². The highest BCUT2D eigenvalue weighted by molar-refractivity contribution is 5.93. The SMILES string of the molecule is CNc1cc(C(=O)OC)c(C(F)(F)F)cc1OC(C)(C=O)c1cccc(OC)c1. The molecule has 0 aliphatic heterocycles. The van der Waals surface area contributed by atoms with Gasteiger partial charge in [-0.1, -0.05) is 12.1 Å². The molecule has 0 spiro atoms. The molecule has 0 heterocycles. The zero-order valence-electron chi connectivity index (χ0n) is 16.2. The number of aldehydes is 1. The topological polar surface area (TPSA) is 73.9 Å². The summed E-state index contributed by atoms with van der Waals surface area (Å²) in [6.45, 7) is 1.41. The van der Waals surface area contributed by atoms with Gasteiger partial charge >= 0.3 is 12.1 Å². The molecule has 0 aliphatic carbocycles. The zero-order valence-corrected chi connectivity index (χ0v) is 16.2. The monoisotopic (exact) mass is 411 g/mol. The van der Waals surface area contributed by atoms with Gasteiger partial charge in [0.25, 0.3) is 0 Å². The molecule has 29 heavy (non-hydrogen) atoms. The van der Waals surface area contributed by atoms with E-state index in [0.29, 0.717) is 23.7 Å². The van der Waals surface area contributed by atoms with Crippen molar-refractivity contribution < 1.29 is 37.0 Å². The molecule has 1 N–H and O–H groups in total. The average Bonchev–Trinajstić information content (AvgIpc) is 2.72. The van der Waals surface area contributed by atoms with Gasteiger partial charge in [-0.05, 0) is 31.2 Å². The molecular formula is C20H20F3NO5. The Morgan fingerprint density at radius 2 is 1.83 bits per heavy atom. The van der Waals surface area contributed by atoms with Crippen molar-refractivity contribution in [1.29, 1.82) is 0 Å². The molecule has 156 valence electrons. The number of carbonyl (C=O) groups is 2. The van der Waals surface area contributed by atoms with Gasteiger partial charge in [0.2, 0.25) is 0 Å². The number of carbonyl (C=O) groups excluding carboxylic acids is 2. The van der Waals surface area contributed by atoms with Crippen LogP contribution in [0, 0.1) is 0 Å². The molecule has 0 saturated carbocycles. The van der Waals surface area contributed by atoms with Gasteiger partial charge in [0, 0.05) is 12.6 Å². The maximum Gasteiger partial charge on any atom is 0.417 e. The summed E-state index contributed by atoms with van der Waals surface area (Å²) in [4.78, 5) is 23.7. The van der Waals surface area contributed by atoms with Crippen LogP contribution < -0.4 is 14.8 Å². The summed E-state index contributed by atoms with van der Waals surface area (Å²) in [6, 6.07) is 8.05. The molecule has 1 unspecified atom stereocenters. The second-order valence-corrected chi connectivity index (χ2v) is 6.19. The number of ether oxygens (including phenoxy) is 3. The Morgan fingerprint density at radius 3 is 2.34 bits per heavy atom. The molecule has 0 amide bonds. The molecule has 2 rings (SSSR count). The van der Waals surface area contributed by atoms with E-state index in [2.05, 4.69) is 10.1 Å². The Kier molecular flexibility index (Phi) is 6.41. The maximum atomic E-state index is 13.5. The summed E-state index contributed by atoms with van der Waals surface area (Å²) < 4.78 is 55.9. The molecule has 1 atom stereocenters. The van der Waals surface area contributed by atoms with Crippen LogP contribution in [0.1, 0.15) is 28.4 Å². The number of halogens is 3. The van der Waals surface area contributed by atoms with Crippen molar-refractivity contribution in [3.8, 4) is 11.5 Å². The highest BCUT2D eigenvalue weighted by Crippen LogP contribution is 2.40. The number of hydrogen-bond donors (Lipinski definition) is 1. The van der Waals surface area contributed by atoms with E-state index in [9.17, 15) is 22.8 Å². The lowest BCUT2D eigenvalue weighted by atomic mass is 9.96. The lowest BCUT2D eigenvalue weighted by Gasteiger charge is -2.28. The summed E-state index contributed by atoms with van der Waals surface area (Å²) in [5.74, 6) is -0.957. The first kappa shape index (κ1) is 22.1. The standard InChI is InChI=1S/C20H20F3NO5/c1-19(11-25,12-6-5-7-13(8-12)27-3)29-17-10-15(20(21,22)23)14(18(26)28-4)9-16(17)24-2/h5-11,24H,1-4H3. The molecule has 6 nitrogen and oxygen atoms in total. The van der Waals surface area contributed by atoms with E-state index < -0.39 is 28.9 Å². The van der Waals surface area contributed by atoms with Crippen molar-refractivity contribution in [2.45, 2.75) is 18.7 Å². The fourth-order valence-electron chi connectivity index (χ4n) is 2.68. The Bertz CT molecular complexity index is 913. The Labute approximate surface area is 165 Å². The van der Waals surface area contributed by atoms with Gasteiger partial charge < -0.3 is 19.5 Å². The van der Waals surface area contributed by atoms with Gasteiger partial charge in [-0.2, -0.15) is 13.2 Å². The van der Waals surface area contributed by atoms with Crippen LogP contribution in [-0.4, -0.2) is 33.5 Å². The minimum absolute atomic E-state index is 0.0781. The van der Waals surface area contributed by atoms with Crippen LogP contribution in [0.2, 0.25) is 0 Å². The number of hydrogen-bond acceptors (Lipinski definition) is 6. The van der Waals surface area contributed by atoms with Crippen molar-refractivity contribution in [2.24, 2.45) is 0 Å². The molecule has 9 heteroatoms. The van der Waals surface area contributed by atoms with Gasteiger partial charge in [0.15, 0.2) is 11.9 Å². The summed E-state index contributed by atoms with van der Waals surface area (Å²) in [5.41, 5.74) is -3.08. The number of alkyl halides is 3. The third-order valence-corrected chi connectivity index (χ3v) is 4.29. The molecule has 2 aromatic rings. The van der Waals surface area contributed by atoms with Crippen LogP contribution in [0.25, 0.3) is 0 Å². The number of rotatable bonds is 7. The molecule has 0 fully saturated rings. The van der Waals surface area contributed by atoms with E-state index in [4.69, 9.17) is 9.47 Å². The van der Waals surface area contributed by atoms with Crippen molar-refractivity contribution in [1.82, 2.24) is 0 Å². The van der Waals surface area contributed by atoms with Gasteiger partial charge in [-0.15, -0.1) is 0 Å². The minimum Gasteiger partial charge on any atom is -0.497 e. The zero-order chi connectivity index (χ0) is 21.8. The molecule has 0 saturated heterocycles. The van der Waals surface area contributed by atoms with Crippen molar-refractivity contribution in [3.05, 3.63) is 53.1 Å². The Morgan fingerprint density at radius 1 is 1.14 bits per heavy atom. The number of anilines is 1. The number of benzene rings is 2. The fraction of sp³-hybridized carbons (Fsp3) is 0.300.